The van der Waals surface area contributed by atoms with Crippen molar-refractivity contribution in [2.45, 2.75) is 32.7 Å². The number of nitrogens with one attached hydrogen (secondary N) is 1. The molecule has 5 heteroatoms. The number of nitrogens with zero attached hydrogens (tertiary/aromatic N) is 1. The summed E-state index contributed by atoms with van der Waals surface area (Å²) in [5, 5.41) is 3.33. The summed E-state index contributed by atoms with van der Waals surface area (Å²) in [5.74, 6) is -0.327. The van der Waals surface area contributed by atoms with Gasteiger partial charge in [-0.15, -0.1) is 0 Å². The van der Waals surface area contributed by atoms with Gasteiger partial charge in [0.2, 0.25) is 5.91 Å². The van der Waals surface area contributed by atoms with Gasteiger partial charge < -0.3 is 15.0 Å². The summed E-state index contributed by atoms with van der Waals surface area (Å²) < 4.78 is 4.67. The van der Waals surface area contributed by atoms with Crippen LogP contribution in [-0.4, -0.2) is 50.1 Å². The normalized spacial score (nSPS) is 25.3. The van der Waals surface area contributed by atoms with Crippen LogP contribution in [0, 0.1) is 11.8 Å². The highest BCUT2D eigenvalue weighted by molar-refractivity contribution is 5.80. The van der Waals surface area contributed by atoms with Gasteiger partial charge in [-0.25, -0.2) is 0 Å². The summed E-state index contributed by atoms with van der Waals surface area (Å²) >= 11 is 0. The summed E-state index contributed by atoms with van der Waals surface area (Å²) in [5.41, 5.74) is 0. The number of hydrogen-bond acceptors (Lipinski definition) is 4. The maximum Gasteiger partial charge on any atom is 0.310 e. The van der Waals surface area contributed by atoms with Gasteiger partial charge in [0.25, 0.3) is 0 Å². The molecule has 5 nitrogen and oxygen atoms in total. The third kappa shape index (κ3) is 3.98. The zero-order chi connectivity index (χ0) is 13.7. The Morgan fingerprint density at radius 3 is 2.72 bits per heavy atom. The Morgan fingerprint density at radius 2 is 2.17 bits per heavy atom. The minimum absolute atomic E-state index is 0.0797. The molecule has 3 unspecified atom stereocenters. The number of hydrogen-bond donors (Lipinski definition) is 1. The number of carbonyl (C=O) groups is 2. The van der Waals surface area contributed by atoms with Crippen molar-refractivity contribution in [2.75, 3.05) is 27.2 Å². The van der Waals surface area contributed by atoms with Crippen molar-refractivity contribution in [1.82, 2.24) is 10.2 Å². The molecule has 104 valence electrons. The van der Waals surface area contributed by atoms with Crippen LogP contribution in [0.3, 0.4) is 0 Å². The van der Waals surface area contributed by atoms with E-state index in [0.717, 1.165) is 19.4 Å². The number of piperidine rings is 1. The highest BCUT2D eigenvalue weighted by atomic mass is 16.5. The fourth-order valence-corrected chi connectivity index (χ4v) is 2.44. The number of methoxy groups -OCH3 is 1. The number of ether oxygens (including phenoxy) is 1. The molecule has 0 saturated carbocycles. The Labute approximate surface area is 109 Å². The van der Waals surface area contributed by atoms with Gasteiger partial charge in [-0.3, -0.25) is 9.59 Å². The van der Waals surface area contributed by atoms with Gasteiger partial charge in [-0.1, -0.05) is 6.92 Å². The van der Waals surface area contributed by atoms with Crippen molar-refractivity contribution in [1.29, 1.82) is 0 Å². The summed E-state index contributed by atoms with van der Waals surface area (Å²) in [6.07, 6.45) is 1.75. The molecule has 1 rings (SSSR count). The van der Waals surface area contributed by atoms with Crippen molar-refractivity contribution in [3.63, 3.8) is 0 Å². The fourth-order valence-electron chi connectivity index (χ4n) is 2.44. The molecule has 1 N–H and O–H groups in total. The van der Waals surface area contributed by atoms with Gasteiger partial charge in [-0.05, 0) is 26.3 Å². The van der Waals surface area contributed by atoms with E-state index < -0.39 is 0 Å². The monoisotopic (exact) mass is 256 g/mol. The average molecular weight is 256 g/mol. The van der Waals surface area contributed by atoms with E-state index in [9.17, 15) is 9.59 Å². The number of carbonyl (C=O) groups excluding carboxylic acids is 2. The predicted molar refractivity (Wildman–Crippen MR) is 69.0 cm³/mol. The van der Waals surface area contributed by atoms with E-state index in [1.54, 1.807) is 18.9 Å². The van der Waals surface area contributed by atoms with Gasteiger partial charge in [0.15, 0.2) is 0 Å². The first-order valence-corrected chi connectivity index (χ1v) is 6.51. The molecule has 1 saturated heterocycles. The first kappa shape index (κ1) is 15.0. The zero-order valence-corrected chi connectivity index (χ0v) is 11.7. The fraction of sp³-hybridized carbons (Fsp3) is 0.846. The molecule has 0 aliphatic carbocycles. The van der Waals surface area contributed by atoms with Gasteiger partial charge in [-0.2, -0.15) is 0 Å². The van der Waals surface area contributed by atoms with Crippen LogP contribution in [0.4, 0.5) is 0 Å². The lowest BCUT2D eigenvalue weighted by atomic mass is 9.92. The van der Waals surface area contributed by atoms with E-state index >= 15 is 0 Å². The highest BCUT2D eigenvalue weighted by Crippen LogP contribution is 2.18. The lowest BCUT2D eigenvalue weighted by Crippen LogP contribution is -2.44. The molecule has 1 heterocycles. The van der Waals surface area contributed by atoms with Crippen molar-refractivity contribution >= 4 is 11.9 Å². The Balaban J connectivity index is 2.47. The summed E-state index contributed by atoms with van der Waals surface area (Å²) in [7, 11) is 3.13. The highest BCUT2D eigenvalue weighted by Gasteiger charge is 2.28. The SMILES string of the molecule is COC(=O)C(C)CN(C)C(=O)C1CCNC(C)C1. The molecular weight excluding hydrogens is 232 g/mol. The van der Waals surface area contributed by atoms with Crippen LogP contribution in [0.5, 0.6) is 0 Å². The number of rotatable bonds is 4. The predicted octanol–water partition coefficient (Wildman–Crippen LogP) is 0.642. The average Bonchev–Trinajstić information content (AvgIpc) is 2.36. The standard InChI is InChI=1S/C13H24N2O3/c1-9(13(17)18-4)8-15(3)12(16)11-5-6-14-10(2)7-11/h9-11,14H,5-8H2,1-4H3. The molecule has 0 spiro atoms. The molecule has 3 atom stereocenters. The van der Waals surface area contributed by atoms with Crippen LogP contribution in [0.15, 0.2) is 0 Å². The molecule has 1 aliphatic heterocycles. The Morgan fingerprint density at radius 1 is 1.50 bits per heavy atom. The number of esters is 1. The van der Waals surface area contributed by atoms with Crippen molar-refractivity contribution in [3.05, 3.63) is 0 Å². The number of amides is 1. The summed E-state index contributed by atoms with van der Waals surface area (Å²) in [6, 6.07) is 0.388. The van der Waals surface area contributed by atoms with E-state index in [1.807, 2.05) is 0 Å². The molecule has 1 amide bonds. The first-order valence-electron chi connectivity index (χ1n) is 6.51. The molecule has 0 bridgehead atoms. The zero-order valence-electron chi connectivity index (χ0n) is 11.7. The van der Waals surface area contributed by atoms with Crippen molar-refractivity contribution in [3.8, 4) is 0 Å². The Bertz CT molecular complexity index is 307. The second-order valence-corrected chi connectivity index (χ2v) is 5.22. The maximum absolute atomic E-state index is 12.2. The van der Waals surface area contributed by atoms with E-state index in [1.165, 1.54) is 7.11 Å². The van der Waals surface area contributed by atoms with Crippen LogP contribution in [0.25, 0.3) is 0 Å². The quantitative estimate of drug-likeness (QED) is 0.750. The molecule has 0 aromatic rings. The summed E-state index contributed by atoms with van der Waals surface area (Å²) in [6.45, 7) is 5.18. The molecular formula is C13H24N2O3. The lowest BCUT2D eigenvalue weighted by Gasteiger charge is -2.31. The maximum atomic E-state index is 12.2. The van der Waals surface area contributed by atoms with Crippen LogP contribution in [-0.2, 0) is 14.3 Å². The smallest absolute Gasteiger partial charge is 0.310 e. The van der Waals surface area contributed by atoms with E-state index in [4.69, 9.17) is 0 Å². The van der Waals surface area contributed by atoms with E-state index in [2.05, 4.69) is 17.0 Å². The second-order valence-electron chi connectivity index (χ2n) is 5.22. The van der Waals surface area contributed by atoms with E-state index in [0.29, 0.717) is 12.6 Å². The molecule has 0 aromatic carbocycles. The molecule has 0 aromatic heterocycles. The molecule has 1 aliphatic rings. The second kappa shape index (κ2) is 6.73. The lowest BCUT2D eigenvalue weighted by molar-refractivity contribution is -0.146. The topological polar surface area (TPSA) is 58.6 Å². The third-order valence-corrected chi connectivity index (χ3v) is 3.50. The Kier molecular flexibility index (Phi) is 5.59. The molecule has 18 heavy (non-hydrogen) atoms. The van der Waals surface area contributed by atoms with Gasteiger partial charge in [0, 0.05) is 25.6 Å². The van der Waals surface area contributed by atoms with Crippen LogP contribution < -0.4 is 5.32 Å². The van der Waals surface area contributed by atoms with Gasteiger partial charge >= 0.3 is 5.97 Å². The van der Waals surface area contributed by atoms with Crippen molar-refractivity contribution in [2.24, 2.45) is 11.8 Å². The summed E-state index contributed by atoms with van der Waals surface area (Å²) in [4.78, 5) is 25.2. The molecule has 0 radical (unpaired) electrons. The molecule has 1 fully saturated rings. The van der Waals surface area contributed by atoms with Crippen LogP contribution in [0.2, 0.25) is 0 Å². The third-order valence-electron chi connectivity index (χ3n) is 3.50. The van der Waals surface area contributed by atoms with Gasteiger partial charge in [0.05, 0.1) is 13.0 Å². The van der Waals surface area contributed by atoms with Crippen LogP contribution >= 0.6 is 0 Å². The minimum Gasteiger partial charge on any atom is -0.469 e. The minimum atomic E-state index is -0.275. The van der Waals surface area contributed by atoms with Crippen LogP contribution in [0.1, 0.15) is 26.7 Å². The van der Waals surface area contributed by atoms with E-state index in [-0.39, 0.29) is 23.7 Å². The first-order chi connectivity index (χ1) is 8.45. The van der Waals surface area contributed by atoms with Gasteiger partial charge in [0.1, 0.15) is 0 Å². The largest absolute Gasteiger partial charge is 0.469 e. The Hall–Kier alpha value is -1.10. The van der Waals surface area contributed by atoms with Crippen molar-refractivity contribution < 1.29 is 14.3 Å².